The number of nitrogens with zero attached hydrogens (tertiary/aromatic N) is 3. The molecule has 1 aliphatic rings. The zero-order valence-electron chi connectivity index (χ0n) is 12.6. The molecule has 114 valence electrons. The van der Waals surface area contributed by atoms with E-state index in [0.29, 0.717) is 6.04 Å². The van der Waals surface area contributed by atoms with Crippen LogP contribution in [0.15, 0.2) is 0 Å². The summed E-state index contributed by atoms with van der Waals surface area (Å²) in [6, 6.07) is 0.587. The Balaban J connectivity index is 2.18. The van der Waals surface area contributed by atoms with E-state index >= 15 is 0 Å². The van der Waals surface area contributed by atoms with Crippen LogP contribution in [0.4, 0.5) is 0 Å². The van der Waals surface area contributed by atoms with E-state index in [2.05, 4.69) is 23.8 Å². The third-order valence-corrected chi connectivity index (χ3v) is 4.71. The molecule has 0 unspecified atom stereocenters. The summed E-state index contributed by atoms with van der Waals surface area (Å²) in [6.45, 7) is 6.74. The molecule has 1 heterocycles. The van der Waals surface area contributed by atoms with Crippen LogP contribution in [0.25, 0.3) is 0 Å². The van der Waals surface area contributed by atoms with Crippen molar-refractivity contribution in [2.45, 2.75) is 65.1 Å². The van der Waals surface area contributed by atoms with Crippen molar-refractivity contribution in [3.8, 4) is 0 Å². The van der Waals surface area contributed by atoms with E-state index in [1.807, 2.05) is 4.68 Å². The molecule has 0 spiro atoms. The molecule has 1 N–H and O–H groups in total. The van der Waals surface area contributed by atoms with Gasteiger partial charge in [-0.2, -0.15) is 5.10 Å². The fourth-order valence-corrected chi connectivity index (χ4v) is 3.48. The van der Waals surface area contributed by atoms with Gasteiger partial charge in [-0.05, 0) is 26.2 Å². The number of rotatable bonds is 7. The molecule has 0 amide bonds. The number of hydrogen-bond acceptors (Lipinski definition) is 3. The summed E-state index contributed by atoms with van der Waals surface area (Å²) in [5.74, 6) is 0. The van der Waals surface area contributed by atoms with Crippen molar-refractivity contribution in [1.29, 1.82) is 0 Å². The first kappa shape index (κ1) is 15.8. The van der Waals surface area contributed by atoms with Crippen LogP contribution in [0.1, 0.15) is 50.9 Å². The Morgan fingerprint density at radius 3 is 2.60 bits per heavy atom. The van der Waals surface area contributed by atoms with Crippen molar-refractivity contribution < 1.29 is 5.11 Å². The van der Waals surface area contributed by atoms with E-state index in [4.69, 9.17) is 11.6 Å². The maximum absolute atomic E-state index is 9.33. The standard InChI is InChI=1S/C15H26ClN3O/c1-3-13-15(16)14(19(4-2)17-13)11-18(9-10-20)12-7-5-6-8-12/h12,20H,3-11H2,1-2H3. The van der Waals surface area contributed by atoms with Gasteiger partial charge in [0.1, 0.15) is 0 Å². The molecular weight excluding hydrogens is 274 g/mol. The quantitative estimate of drug-likeness (QED) is 0.842. The third kappa shape index (κ3) is 3.35. The van der Waals surface area contributed by atoms with E-state index in [0.717, 1.165) is 42.5 Å². The van der Waals surface area contributed by atoms with Gasteiger partial charge in [-0.3, -0.25) is 9.58 Å². The van der Waals surface area contributed by atoms with E-state index < -0.39 is 0 Å². The first-order valence-corrected chi connectivity index (χ1v) is 8.18. The highest BCUT2D eigenvalue weighted by molar-refractivity contribution is 6.31. The first-order chi connectivity index (χ1) is 9.71. The fraction of sp³-hybridized carbons (Fsp3) is 0.800. The highest BCUT2D eigenvalue weighted by Crippen LogP contribution is 2.28. The molecule has 4 nitrogen and oxygen atoms in total. The van der Waals surface area contributed by atoms with Crippen LogP contribution in [-0.2, 0) is 19.5 Å². The zero-order chi connectivity index (χ0) is 14.5. The van der Waals surface area contributed by atoms with Gasteiger partial charge in [0.15, 0.2) is 0 Å². The van der Waals surface area contributed by atoms with Crippen molar-refractivity contribution >= 4 is 11.6 Å². The predicted octanol–water partition coefficient (Wildman–Crippen LogP) is 2.86. The summed E-state index contributed by atoms with van der Waals surface area (Å²) in [5, 5.41) is 14.7. The summed E-state index contributed by atoms with van der Waals surface area (Å²) in [6.07, 6.45) is 5.93. The lowest BCUT2D eigenvalue weighted by molar-refractivity contribution is 0.141. The number of aryl methyl sites for hydroxylation is 2. The van der Waals surface area contributed by atoms with Gasteiger partial charge in [-0.15, -0.1) is 0 Å². The van der Waals surface area contributed by atoms with Crippen LogP contribution >= 0.6 is 11.6 Å². The smallest absolute Gasteiger partial charge is 0.0863 e. The zero-order valence-corrected chi connectivity index (χ0v) is 13.4. The summed E-state index contributed by atoms with van der Waals surface area (Å²) in [5.41, 5.74) is 2.09. The van der Waals surface area contributed by atoms with Gasteiger partial charge in [-0.1, -0.05) is 31.4 Å². The summed E-state index contributed by atoms with van der Waals surface area (Å²) in [7, 11) is 0. The molecule has 1 saturated carbocycles. The molecular formula is C15H26ClN3O. The first-order valence-electron chi connectivity index (χ1n) is 7.80. The number of aliphatic hydroxyl groups is 1. The third-order valence-electron chi connectivity index (χ3n) is 4.28. The average molecular weight is 300 g/mol. The van der Waals surface area contributed by atoms with E-state index in [-0.39, 0.29) is 6.61 Å². The monoisotopic (exact) mass is 299 g/mol. The maximum atomic E-state index is 9.33. The van der Waals surface area contributed by atoms with Crippen molar-refractivity contribution in [3.63, 3.8) is 0 Å². The molecule has 1 aromatic heterocycles. The fourth-order valence-electron chi connectivity index (χ4n) is 3.15. The Bertz CT molecular complexity index is 427. The van der Waals surface area contributed by atoms with Crippen LogP contribution in [-0.4, -0.2) is 39.0 Å². The summed E-state index contributed by atoms with van der Waals surface area (Å²) < 4.78 is 2.01. The maximum Gasteiger partial charge on any atom is 0.0863 e. The molecule has 0 radical (unpaired) electrons. The predicted molar refractivity (Wildman–Crippen MR) is 82.0 cm³/mol. The second-order valence-corrected chi connectivity index (χ2v) is 5.89. The Morgan fingerprint density at radius 1 is 1.35 bits per heavy atom. The SMILES string of the molecule is CCc1nn(CC)c(CN(CCO)C2CCCC2)c1Cl. The summed E-state index contributed by atoms with van der Waals surface area (Å²) in [4.78, 5) is 2.38. The molecule has 1 aromatic rings. The number of halogens is 1. The summed E-state index contributed by atoms with van der Waals surface area (Å²) >= 11 is 6.49. The van der Waals surface area contributed by atoms with Gasteiger partial charge >= 0.3 is 0 Å². The molecule has 0 bridgehead atoms. The van der Waals surface area contributed by atoms with Crippen LogP contribution in [0.5, 0.6) is 0 Å². The van der Waals surface area contributed by atoms with Crippen LogP contribution in [0.2, 0.25) is 5.02 Å². The van der Waals surface area contributed by atoms with Gasteiger partial charge < -0.3 is 5.11 Å². The number of hydrogen-bond donors (Lipinski definition) is 1. The lowest BCUT2D eigenvalue weighted by atomic mass is 10.2. The molecule has 1 fully saturated rings. The Morgan fingerprint density at radius 2 is 2.05 bits per heavy atom. The van der Waals surface area contributed by atoms with Gasteiger partial charge in [-0.25, -0.2) is 0 Å². The van der Waals surface area contributed by atoms with Crippen molar-refractivity contribution in [3.05, 3.63) is 16.4 Å². The molecule has 0 atom stereocenters. The van der Waals surface area contributed by atoms with Crippen molar-refractivity contribution in [1.82, 2.24) is 14.7 Å². The Labute approximate surface area is 126 Å². The minimum absolute atomic E-state index is 0.203. The Hall–Kier alpha value is -0.580. The second-order valence-electron chi connectivity index (χ2n) is 5.51. The molecule has 20 heavy (non-hydrogen) atoms. The Kier molecular flexibility index (Phi) is 5.87. The molecule has 0 saturated heterocycles. The minimum atomic E-state index is 0.203. The van der Waals surface area contributed by atoms with Crippen LogP contribution in [0.3, 0.4) is 0 Å². The van der Waals surface area contributed by atoms with E-state index in [9.17, 15) is 5.11 Å². The number of aromatic nitrogens is 2. The molecule has 2 rings (SSSR count). The van der Waals surface area contributed by atoms with Gasteiger partial charge in [0, 0.05) is 25.7 Å². The molecule has 5 heteroatoms. The largest absolute Gasteiger partial charge is 0.395 e. The lowest BCUT2D eigenvalue weighted by Gasteiger charge is -2.28. The highest BCUT2D eigenvalue weighted by atomic mass is 35.5. The average Bonchev–Trinajstić information content (AvgIpc) is 3.07. The van der Waals surface area contributed by atoms with Crippen molar-refractivity contribution in [2.24, 2.45) is 0 Å². The minimum Gasteiger partial charge on any atom is -0.395 e. The van der Waals surface area contributed by atoms with E-state index in [1.54, 1.807) is 0 Å². The van der Waals surface area contributed by atoms with Gasteiger partial charge in [0.25, 0.3) is 0 Å². The second kappa shape index (κ2) is 7.43. The lowest BCUT2D eigenvalue weighted by Crippen LogP contribution is -2.35. The van der Waals surface area contributed by atoms with Crippen LogP contribution in [0, 0.1) is 0 Å². The number of aliphatic hydroxyl groups excluding tert-OH is 1. The molecule has 0 aliphatic heterocycles. The highest BCUT2D eigenvalue weighted by Gasteiger charge is 2.25. The molecule has 1 aliphatic carbocycles. The van der Waals surface area contributed by atoms with Gasteiger partial charge in [0.2, 0.25) is 0 Å². The van der Waals surface area contributed by atoms with Crippen molar-refractivity contribution in [2.75, 3.05) is 13.2 Å². The topological polar surface area (TPSA) is 41.3 Å². The normalized spacial score (nSPS) is 16.4. The molecule has 0 aromatic carbocycles. The van der Waals surface area contributed by atoms with E-state index in [1.165, 1.54) is 25.7 Å². The van der Waals surface area contributed by atoms with Gasteiger partial charge in [0.05, 0.1) is 23.0 Å². The van der Waals surface area contributed by atoms with Crippen LogP contribution < -0.4 is 0 Å².